The summed E-state index contributed by atoms with van der Waals surface area (Å²) in [6, 6.07) is 3.74. The van der Waals surface area contributed by atoms with Crippen molar-refractivity contribution in [2.45, 2.75) is 50.1 Å². The molecule has 0 saturated carbocycles. The van der Waals surface area contributed by atoms with Crippen LogP contribution in [0.4, 0.5) is 10.1 Å². The number of hydrogen-bond donors (Lipinski definition) is 2. The van der Waals surface area contributed by atoms with Crippen LogP contribution in [0.15, 0.2) is 23.1 Å². The van der Waals surface area contributed by atoms with Gasteiger partial charge in [0.1, 0.15) is 5.82 Å². The monoisotopic (exact) mass is 301 g/mol. The van der Waals surface area contributed by atoms with Gasteiger partial charge in [0, 0.05) is 12.1 Å². The van der Waals surface area contributed by atoms with E-state index < -0.39 is 15.8 Å². The van der Waals surface area contributed by atoms with Crippen molar-refractivity contribution in [3.63, 3.8) is 0 Å². The summed E-state index contributed by atoms with van der Waals surface area (Å²) in [4.78, 5) is 2.44. The van der Waals surface area contributed by atoms with E-state index in [1.54, 1.807) is 5.01 Å². The van der Waals surface area contributed by atoms with Gasteiger partial charge >= 0.3 is 0 Å². The van der Waals surface area contributed by atoms with Gasteiger partial charge in [0.25, 0.3) is 10.0 Å². The predicted octanol–water partition coefficient (Wildman–Crippen LogP) is 1.86. The summed E-state index contributed by atoms with van der Waals surface area (Å²) >= 11 is 0. The number of nitrogens with one attached hydrogen (secondary N) is 1. The van der Waals surface area contributed by atoms with E-state index >= 15 is 0 Å². The molecule has 1 saturated heterocycles. The molecule has 3 N–H and O–H groups in total. The van der Waals surface area contributed by atoms with E-state index in [4.69, 9.17) is 5.73 Å². The molecule has 0 aliphatic carbocycles. The zero-order chi connectivity index (χ0) is 14.9. The Balaban J connectivity index is 2.24. The summed E-state index contributed by atoms with van der Waals surface area (Å²) in [7, 11) is -3.78. The number of nitrogen functional groups attached to an aromatic ring is 1. The average Bonchev–Trinajstić information content (AvgIpc) is 2.37. The Bertz CT molecular complexity index is 581. The Hall–Kier alpha value is -1.18. The Morgan fingerprint density at radius 1 is 1.30 bits per heavy atom. The number of benzene rings is 1. The summed E-state index contributed by atoms with van der Waals surface area (Å²) in [6.45, 7) is 3.95. The van der Waals surface area contributed by atoms with Crippen molar-refractivity contribution >= 4 is 15.7 Å². The van der Waals surface area contributed by atoms with Crippen LogP contribution < -0.4 is 10.6 Å². The summed E-state index contributed by atoms with van der Waals surface area (Å²) in [5, 5.41) is 1.73. The normalized spacial score (nSPS) is 24.8. The van der Waals surface area contributed by atoms with Gasteiger partial charge in [-0.1, -0.05) is 6.42 Å². The van der Waals surface area contributed by atoms with Crippen molar-refractivity contribution in [3.05, 3.63) is 24.0 Å². The molecule has 0 spiro atoms. The van der Waals surface area contributed by atoms with Gasteiger partial charge in [-0.2, -0.15) is 0 Å². The highest BCUT2D eigenvalue weighted by molar-refractivity contribution is 7.89. The smallest absolute Gasteiger partial charge is 0.253 e. The standard InChI is InChI=1S/C13H20FN3O2S/c1-9-4-3-5-10(2)17(9)16-20(18,19)11-6-7-13(15)12(14)8-11/h6-10,16H,3-5,15H2,1-2H3. The van der Waals surface area contributed by atoms with Gasteiger partial charge in [-0.15, -0.1) is 4.83 Å². The van der Waals surface area contributed by atoms with Gasteiger partial charge in [-0.3, -0.25) is 0 Å². The largest absolute Gasteiger partial charge is 0.396 e. The lowest BCUT2D eigenvalue weighted by Crippen LogP contribution is -2.53. The first-order chi connectivity index (χ1) is 9.31. The third-order valence-electron chi connectivity index (χ3n) is 3.70. The molecular weight excluding hydrogens is 281 g/mol. The fourth-order valence-corrected chi connectivity index (χ4v) is 3.72. The molecule has 2 rings (SSSR count). The first kappa shape index (κ1) is 15.2. The summed E-state index contributed by atoms with van der Waals surface area (Å²) in [6.07, 6.45) is 2.95. The molecule has 1 aliphatic rings. The predicted molar refractivity (Wildman–Crippen MR) is 75.7 cm³/mol. The van der Waals surface area contributed by atoms with Crippen molar-refractivity contribution < 1.29 is 12.8 Å². The second-order valence-corrected chi connectivity index (χ2v) is 6.98. The Morgan fingerprint density at radius 2 is 1.90 bits per heavy atom. The van der Waals surface area contributed by atoms with Gasteiger partial charge in [0.15, 0.2) is 0 Å². The minimum absolute atomic E-state index is 0.0661. The molecule has 7 heteroatoms. The van der Waals surface area contributed by atoms with Gasteiger partial charge in [0.05, 0.1) is 10.6 Å². The van der Waals surface area contributed by atoms with Crippen LogP contribution in [0.1, 0.15) is 33.1 Å². The quantitative estimate of drug-likeness (QED) is 0.836. The molecule has 2 unspecified atom stereocenters. The van der Waals surface area contributed by atoms with Gasteiger partial charge < -0.3 is 5.73 Å². The van der Waals surface area contributed by atoms with Crippen LogP contribution in [0, 0.1) is 5.82 Å². The molecule has 1 aromatic carbocycles. The maximum atomic E-state index is 13.4. The number of rotatable bonds is 3. The van der Waals surface area contributed by atoms with Gasteiger partial charge in [0.2, 0.25) is 0 Å². The third kappa shape index (κ3) is 3.11. The highest BCUT2D eigenvalue weighted by Gasteiger charge is 2.29. The molecule has 1 aliphatic heterocycles. The van der Waals surface area contributed by atoms with E-state index in [1.807, 2.05) is 13.8 Å². The number of piperidine rings is 1. The number of halogens is 1. The fraction of sp³-hybridized carbons (Fsp3) is 0.538. The number of nitrogens with zero attached hydrogens (tertiary/aromatic N) is 1. The molecule has 1 aromatic rings. The van der Waals surface area contributed by atoms with Crippen LogP contribution in [0.3, 0.4) is 0 Å². The molecule has 0 bridgehead atoms. The van der Waals surface area contributed by atoms with Crippen molar-refractivity contribution in [1.82, 2.24) is 9.84 Å². The van der Waals surface area contributed by atoms with Crippen LogP contribution in [0.5, 0.6) is 0 Å². The molecule has 2 atom stereocenters. The van der Waals surface area contributed by atoms with E-state index in [9.17, 15) is 12.8 Å². The Morgan fingerprint density at radius 3 is 2.45 bits per heavy atom. The lowest BCUT2D eigenvalue weighted by Gasteiger charge is -2.38. The van der Waals surface area contributed by atoms with Crippen LogP contribution in [-0.4, -0.2) is 25.5 Å². The number of hydrazine groups is 1. The van der Waals surface area contributed by atoms with Crippen LogP contribution in [0.2, 0.25) is 0 Å². The second kappa shape index (κ2) is 5.67. The number of nitrogens with two attached hydrogens (primary N) is 1. The maximum absolute atomic E-state index is 13.4. The highest BCUT2D eigenvalue weighted by Crippen LogP contribution is 2.23. The molecular formula is C13H20FN3O2S. The van der Waals surface area contributed by atoms with E-state index in [0.717, 1.165) is 25.3 Å². The van der Waals surface area contributed by atoms with Crippen LogP contribution in [0.25, 0.3) is 0 Å². The first-order valence-corrected chi connectivity index (χ1v) is 8.15. The SMILES string of the molecule is CC1CCCC(C)N1NS(=O)(=O)c1ccc(N)c(F)c1. The maximum Gasteiger partial charge on any atom is 0.253 e. The Labute approximate surface area is 119 Å². The minimum Gasteiger partial charge on any atom is -0.396 e. The van der Waals surface area contributed by atoms with E-state index in [-0.39, 0.29) is 22.7 Å². The van der Waals surface area contributed by atoms with E-state index in [0.29, 0.717) is 0 Å². The molecule has 20 heavy (non-hydrogen) atoms. The number of sulfonamides is 1. The van der Waals surface area contributed by atoms with Crippen molar-refractivity contribution in [3.8, 4) is 0 Å². The number of anilines is 1. The lowest BCUT2D eigenvalue weighted by molar-refractivity contribution is 0.0790. The number of hydrogen-bond acceptors (Lipinski definition) is 4. The zero-order valence-electron chi connectivity index (χ0n) is 11.6. The molecule has 1 heterocycles. The summed E-state index contributed by atoms with van der Waals surface area (Å²) in [5.41, 5.74) is 5.29. The van der Waals surface area contributed by atoms with Crippen molar-refractivity contribution in [2.24, 2.45) is 0 Å². The molecule has 0 aromatic heterocycles. The molecule has 0 amide bonds. The Kier molecular flexibility index (Phi) is 4.31. The molecule has 5 nitrogen and oxygen atoms in total. The topological polar surface area (TPSA) is 75.4 Å². The first-order valence-electron chi connectivity index (χ1n) is 6.67. The van der Waals surface area contributed by atoms with Crippen LogP contribution in [-0.2, 0) is 10.0 Å². The molecule has 112 valence electrons. The van der Waals surface area contributed by atoms with E-state index in [1.165, 1.54) is 12.1 Å². The zero-order valence-corrected chi connectivity index (χ0v) is 12.5. The van der Waals surface area contributed by atoms with Crippen LogP contribution >= 0.6 is 0 Å². The summed E-state index contributed by atoms with van der Waals surface area (Å²) < 4.78 is 38.0. The molecule has 1 fully saturated rings. The average molecular weight is 301 g/mol. The summed E-state index contributed by atoms with van der Waals surface area (Å²) in [5.74, 6) is -0.729. The fourth-order valence-electron chi connectivity index (χ4n) is 2.47. The molecule has 0 radical (unpaired) electrons. The van der Waals surface area contributed by atoms with Crippen molar-refractivity contribution in [2.75, 3.05) is 5.73 Å². The van der Waals surface area contributed by atoms with Gasteiger partial charge in [-0.25, -0.2) is 17.8 Å². The second-order valence-electron chi connectivity index (χ2n) is 5.31. The highest BCUT2D eigenvalue weighted by atomic mass is 32.2. The van der Waals surface area contributed by atoms with E-state index in [2.05, 4.69) is 4.83 Å². The minimum atomic E-state index is -3.78. The third-order valence-corrected chi connectivity index (χ3v) is 5.03. The van der Waals surface area contributed by atoms with Crippen molar-refractivity contribution in [1.29, 1.82) is 0 Å². The van der Waals surface area contributed by atoms with Gasteiger partial charge in [-0.05, 0) is 44.9 Å². The lowest BCUT2D eigenvalue weighted by atomic mass is 10.0.